The minimum absolute atomic E-state index is 0.105. The molecule has 0 saturated carbocycles. The number of halogens is 4. The van der Waals surface area contributed by atoms with Crippen molar-refractivity contribution in [3.63, 3.8) is 0 Å². The maximum Gasteiger partial charge on any atom is 0.237 e. The lowest BCUT2D eigenvalue weighted by Gasteiger charge is -2.17. The van der Waals surface area contributed by atoms with Gasteiger partial charge in [0, 0.05) is 19.5 Å². The number of likely N-dealkylation sites (tertiary alicyclic amines) is 1. The number of likely N-dealkylation sites (N-methyl/N-ethyl adjacent to an activating group) is 1. The van der Waals surface area contributed by atoms with Crippen LogP contribution in [0.5, 0.6) is 0 Å². The van der Waals surface area contributed by atoms with Gasteiger partial charge in [-0.1, -0.05) is 12.1 Å². The van der Waals surface area contributed by atoms with E-state index in [4.69, 9.17) is 0 Å². The number of carbonyl (C=O) groups excluding carboxylic acids is 2. The molecule has 1 fully saturated rings. The lowest BCUT2D eigenvalue weighted by molar-refractivity contribution is -0.135. The van der Waals surface area contributed by atoms with E-state index in [-0.39, 0.29) is 12.1 Å². The van der Waals surface area contributed by atoms with E-state index in [1.807, 2.05) is 0 Å². The maximum absolute atomic E-state index is 13.8. The van der Waals surface area contributed by atoms with Crippen molar-refractivity contribution in [1.29, 1.82) is 0 Å². The Kier molecular flexibility index (Phi) is 4.67. The quantitative estimate of drug-likeness (QED) is 0.671. The Hall–Kier alpha value is -2.90. The summed E-state index contributed by atoms with van der Waals surface area (Å²) in [6, 6.07) is 6.39. The Morgan fingerprint density at radius 1 is 1.08 bits per heavy atom. The number of carbonyl (C=O) groups is 2. The Morgan fingerprint density at radius 3 is 2.50 bits per heavy atom. The zero-order valence-corrected chi connectivity index (χ0v) is 13.6. The van der Waals surface area contributed by atoms with Crippen molar-refractivity contribution in [3.05, 3.63) is 65.2 Å². The number of hydrogen-bond donors (Lipinski definition) is 1. The van der Waals surface area contributed by atoms with Gasteiger partial charge in [-0.25, -0.2) is 17.6 Å². The predicted molar refractivity (Wildman–Crippen MR) is 85.2 cm³/mol. The highest BCUT2D eigenvalue weighted by atomic mass is 19.2. The molecule has 0 aromatic heterocycles. The van der Waals surface area contributed by atoms with Gasteiger partial charge < -0.3 is 10.2 Å². The summed E-state index contributed by atoms with van der Waals surface area (Å²) in [7, 11) is 1.46. The first-order chi connectivity index (χ1) is 12.3. The van der Waals surface area contributed by atoms with E-state index in [1.165, 1.54) is 24.1 Å². The van der Waals surface area contributed by atoms with Crippen molar-refractivity contribution in [1.82, 2.24) is 4.90 Å². The summed E-state index contributed by atoms with van der Waals surface area (Å²) >= 11 is 0. The first-order valence-electron chi connectivity index (χ1n) is 7.74. The third kappa shape index (κ3) is 3.14. The molecule has 26 heavy (non-hydrogen) atoms. The predicted octanol–water partition coefficient (Wildman–Crippen LogP) is 3.05. The van der Waals surface area contributed by atoms with Crippen LogP contribution in [0.4, 0.5) is 23.2 Å². The largest absolute Gasteiger partial charge is 0.344 e. The van der Waals surface area contributed by atoms with Crippen LogP contribution in [0.15, 0.2) is 36.4 Å². The van der Waals surface area contributed by atoms with E-state index >= 15 is 0 Å². The summed E-state index contributed by atoms with van der Waals surface area (Å²) in [5, 5.41) is 2.20. The van der Waals surface area contributed by atoms with E-state index in [1.54, 1.807) is 0 Å². The highest BCUT2D eigenvalue weighted by Gasteiger charge is 2.44. The number of benzene rings is 2. The van der Waals surface area contributed by atoms with Crippen LogP contribution in [0.2, 0.25) is 0 Å². The molecule has 0 aliphatic carbocycles. The van der Waals surface area contributed by atoms with Crippen LogP contribution in [-0.2, 0) is 9.59 Å². The van der Waals surface area contributed by atoms with Gasteiger partial charge in [0.05, 0.1) is 5.69 Å². The van der Waals surface area contributed by atoms with Gasteiger partial charge in [0.25, 0.3) is 0 Å². The number of rotatable bonds is 3. The summed E-state index contributed by atoms with van der Waals surface area (Å²) in [5.41, 5.74) is -0.136. The van der Waals surface area contributed by atoms with Crippen molar-refractivity contribution in [3.8, 4) is 0 Å². The van der Waals surface area contributed by atoms with Crippen LogP contribution in [0.3, 0.4) is 0 Å². The van der Waals surface area contributed by atoms with E-state index in [0.29, 0.717) is 0 Å². The molecule has 1 aliphatic rings. The second-order valence-electron chi connectivity index (χ2n) is 6.07. The monoisotopic (exact) mass is 366 g/mol. The molecule has 2 aromatic rings. The second-order valence-corrected chi connectivity index (χ2v) is 6.07. The van der Waals surface area contributed by atoms with Gasteiger partial charge in [0.15, 0.2) is 23.3 Å². The minimum Gasteiger partial charge on any atom is -0.344 e. The van der Waals surface area contributed by atoms with Crippen molar-refractivity contribution < 1.29 is 27.2 Å². The molecule has 0 radical (unpaired) electrons. The van der Waals surface area contributed by atoms with Gasteiger partial charge in [-0.3, -0.25) is 9.59 Å². The van der Waals surface area contributed by atoms with Gasteiger partial charge in [-0.15, -0.1) is 0 Å². The molecule has 2 atom stereocenters. The fourth-order valence-electron chi connectivity index (χ4n) is 3.05. The van der Waals surface area contributed by atoms with Crippen LogP contribution in [0.25, 0.3) is 0 Å². The molecule has 0 unspecified atom stereocenters. The van der Waals surface area contributed by atoms with E-state index in [0.717, 1.165) is 24.3 Å². The highest BCUT2D eigenvalue weighted by Crippen LogP contribution is 2.34. The average molecular weight is 366 g/mol. The topological polar surface area (TPSA) is 49.4 Å². The fourth-order valence-corrected chi connectivity index (χ4v) is 3.05. The molecule has 1 saturated heterocycles. The molecular weight excluding hydrogens is 352 g/mol. The first kappa shape index (κ1) is 17.9. The van der Waals surface area contributed by atoms with Gasteiger partial charge in [0.2, 0.25) is 11.8 Å². The molecule has 136 valence electrons. The van der Waals surface area contributed by atoms with Gasteiger partial charge >= 0.3 is 0 Å². The minimum atomic E-state index is -1.27. The third-order valence-corrected chi connectivity index (χ3v) is 4.38. The smallest absolute Gasteiger partial charge is 0.237 e. The Bertz CT molecular complexity index is 887. The normalized spacial score (nSPS) is 19.7. The van der Waals surface area contributed by atoms with Crippen LogP contribution >= 0.6 is 0 Å². The van der Waals surface area contributed by atoms with Gasteiger partial charge in [-0.05, 0) is 29.8 Å². The van der Waals surface area contributed by atoms with Crippen molar-refractivity contribution >= 4 is 17.5 Å². The average Bonchev–Trinajstić information content (AvgIpc) is 2.89. The molecule has 3 rings (SSSR count). The summed E-state index contributed by atoms with van der Waals surface area (Å²) in [5.74, 6) is -7.95. The van der Waals surface area contributed by atoms with Crippen molar-refractivity contribution in [2.24, 2.45) is 5.92 Å². The van der Waals surface area contributed by atoms with E-state index < -0.39 is 52.6 Å². The summed E-state index contributed by atoms with van der Waals surface area (Å²) in [4.78, 5) is 26.2. The molecule has 4 nitrogen and oxygen atoms in total. The molecule has 0 bridgehead atoms. The Labute approximate surface area is 146 Å². The lowest BCUT2D eigenvalue weighted by Crippen LogP contribution is -2.33. The SMILES string of the molecule is CN1C[C@H](c2ccc(F)c(F)c2)[C@@H](C(=O)Nc2cccc(F)c2F)C1=O. The number of hydrogen-bond acceptors (Lipinski definition) is 2. The molecular formula is C18H14F4N2O2. The molecule has 1 aliphatic heterocycles. The van der Waals surface area contributed by atoms with Crippen LogP contribution in [0.1, 0.15) is 11.5 Å². The summed E-state index contributed by atoms with van der Waals surface area (Å²) in [6.45, 7) is 0.105. The fraction of sp³-hybridized carbons (Fsp3) is 0.222. The molecule has 2 amide bonds. The zero-order valence-electron chi connectivity index (χ0n) is 13.6. The molecule has 0 spiro atoms. The maximum atomic E-state index is 13.8. The molecule has 1 N–H and O–H groups in total. The van der Waals surface area contributed by atoms with Gasteiger partial charge in [-0.2, -0.15) is 0 Å². The van der Waals surface area contributed by atoms with E-state index in [9.17, 15) is 27.2 Å². The number of amides is 2. The van der Waals surface area contributed by atoms with Crippen LogP contribution < -0.4 is 5.32 Å². The summed E-state index contributed by atoms with van der Waals surface area (Å²) in [6.07, 6.45) is 0. The standard InChI is InChI=1S/C18H14F4N2O2/c1-24-8-10(9-5-6-11(19)13(21)7-9)15(18(24)26)17(25)23-14-4-2-3-12(20)16(14)22/h2-7,10,15H,8H2,1H3,(H,23,25)/t10-,15+/m1/s1. The zero-order chi connectivity index (χ0) is 19.0. The van der Waals surface area contributed by atoms with Gasteiger partial charge in [0.1, 0.15) is 5.92 Å². The third-order valence-electron chi connectivity index (χ3n) is 4.38. The second kappa shape index (κ2) is 6.78. The van der Waals surface area contributed by atoms with E-state index in [2.05, 4.69) is 5.32 Å². The molecule has 2 aromatic carbocycles. The van der Waals surface area contributed by atoms with Crippen LogP contribution in [0, 0.1) is 29.2 Å². The number of anilines is 1. The van der Waals surface area contributed by atoms with Crippen molar-refractivity contribution in [2.45, 2.75) is 5.92 Å². The Balaban J connectivity index is 1.91. The molecule has 1 heterocycles. The Morgan fingerprint density at radius 2 is 1.81 bits per heavy atom. The summed E-state index contributed by atoms with van der Waals surface area (Å²) < 4.78 is 53.7. The lowest BCUT2D eigenvalue weighted by atomic mass is 9.87. The molecule has 8 heteroatoms. The van der Waals surface area contributed by atoms with Crippen LogP contribution in [-0.4, -0.2) is 30.3 Å². The first-order valence-corrected chi connectivity index (χ1v) is 7.74. The highest BCUT2D eigenvalue weighted by molar-refractivity contribution is 6.08. The van der Waals surface area contributed by atoms with Crippen molar-refractivity contribution in [2.75, 3.05) is 18.9 Å². The number of nitrogens with one attached hydrogen (secondary N) is 1. The number of nitrogens with zero attached hydrogens (tertiary/aromatic N) is 1.